The molecule has 0 bridgehead atoms. The number of nitrogens with zero attached hydrogens (tertiary/aromatic N) is 2. The Morgan fingerprint density at radius 2 is 2.19 bits per heavy atom. The van der Waals surface area contributed by atoms with Crippen LogP contribution in [0.1, 0.15) is 57.7 Å². The lowest BCUT2D eigenvalue weighted by Gasteiger charge is -2.33. The molecule has 0 aliphatic carbocycles. The van der Waals surface area contributed by atoms with Crippen LogP contribution in [0.5, 0.6) is 0 Å². The fourth-order valence-corrected chi connectivity index (χ4v) is 3.42. The van der Waals surface area contributed by atoms with E-state index in [4.69, 9.17) is 12.2 Å². The van der Waals surface area contributed by atoms with Gasteiger partial charge in [-0.25, -0.2) is 0 Å². The number of aromatic nitrogens is 1. The lowest BCUT2D eigenvalue weighted by atomic mass is 10.0. The Labute approximate surface area is 134 Å². The Kier molecular flexibility index (Phi) is 6.09. The van der Waals surface area contributed by atoms with Gasteiger partial charge in [0.1, 0.15) is 0 Å². The highest BCUT2D eigenvalue weighted by molar-refractivity contribution is 7.80. The maximum atomic E-state index is 5.69. The molecule has 1 saturated heterocycles. The van der Waals surface area contributed by atoms with Crippen molar-refractivity contribution in [2.45, 2.75) is 52.0 Å². The molecule has 0 amide bonds. The molecule has 2 rings (SSSR count). The summed E-state index contributed by atoms with van der Waals surface area (Å²) in [6, 6.07) is 4.79. The van der Waals surface area contributed by atoms with E-state index in [0.717, 1.165) is 24.1 Å². The number of likely N-dealkylation sites (tertiary alicyclic amines) is 1. The van der Waals surface area contributed by atoms with E-state index in [-0.39, 0.29) is 0 Å². The SMILES string of the molecule is CCCCNC(=S)N1CC[C@@H](C)CC[C@@H]1c1cccn1C. The number of unbranched alkanes of at least 4 members (excludes halogenated alkanes) is 1. The quantitative estimate of drug-likeness (QED) is 0.674. The Hall–Kier alpha value is -1.03. The predicted molar refractivity (Wildman–Crippen MR) is 93.4 cm³/mol. The molecule has 118 valence electrons. The Bertz CT molecular complexity index is 455. The van der Waals surface area contributed by atoms with Crippen LogP contribution >= 0.6 is 12.2 Å². The molecular weight excluding hydrogens is 278 g/mol. The van der Waals surface area contributed by atoms with E-state index in [0.29, 0.717) is 6.04 Å². The zero-order valence-corrected chi connectivity index (χ0v) is 14.5. The van der Waals surface area contributed by atoms with Gasteiger partial charge in [-0.15, -0.1) is 0 Å². The summed E-state index contributed by atoms with van der Waals surface area (Å²) in [6.07, 6.45) is 8.22. The molecule has 1 aliphatic heterocycles. The highest BCUT2D eigenvalue weighted by Gasteiger charge is 2.28. The van der Waals surface area contributed by atoms with E-state index in [2.05, 4.69) is 54.0 Å². The maximum Gasteiger partial charge on any atom is 0.169 e. The number of nitrogens with one attached hydrogen (secondary N) is 1. The van der Waals surface area contributed by atoms with Gasteiger partial charge in [0.15, 0.2) is 5.11 Å². The monoisotopic (exact) mass is 307 g/mol. The van der Waals surface area contributed by atoms with Crippen LogP contribution in [-0.2, 0) is 7.05 Å². The Morgan fingerprint density at radius 1 is 1.38 bits per heavy atom. The third-order valence-corrected chi connectivity index (χ3v) is 4.94. The van der Waals surface area contributed by atoms with Crippen molar-refractivity contribution in [2.24, 2.45) is 13.0 Å². The Morgan fingerprint density at radius 3 is 2.86 bits per heavy atom. The zero-order valence-electron chi connectivity index (χ0n) is 13.6. The fourth-order valence-electron chi connectivity index (χ4n) is 3.10. The van der Waals surface area contributed by atoms with Gasteiger partial charge in [-0.2, -0.15) is 0 Å². The molecule has 1 fully saturated rings. The molecule has 0 unspecified atom stereocenters. The molecule has 1 aromatic rings. The molecule has 0 aromatic carbocycles. The second kappa shape index (κ2) is 7.83. The summed E-state index contributed by atoms with van der Waals surface area (Å²) in [7, 11) is 2.13. The average molecular weight is 308 g/mol. The van der Waals surface area contributed by atoms with Gasteiger partial charge in [0.25, 0.3) is 0 Å². The number of hydrogen-bond acceptors (Lipinski definition) is 1. The van der Waals surface area contributed by atoms with Crippen LogP contribution in [0, 0.1) is 5.92 Å². The maximum absolute atomic E-state index is 5.69. The molecule has 4 heteroatoms. The van der Waals surface area contributed by atoms with Crippen LogP contribution in [-0.4, -0.2) is 27.7 Å². The molecule has 2 atom stereocenters. The van der Waals surface area contributed by atoms with Gasteiger partial charge in [0.05, 0.1) is 6.04 Å². The van der Waals surface area contributed by atoms with E-state index in [1.165, 1.54) is 37.8 Å². The van der Waals surface area contributed by atoms with Crippen molar-refractivity contribution in [1.29, 1.82) is 0 Å². The average Bonchev–Trinajstić information content (AvgIpc) is 2.78. The molecule has 0 saturated carbocycles. The highest BCUT2D eigenvalue weighted by atomic mass is 32.1. The van der Waals surface area contributed by atoms with Crippen molar-refractivity contribution in [3.05, 3.63) is 24.0 Å². The minimum atomic E-state index is 0.413. The first kappa shape index (κ1) is 16.3. The third kappa shape index (κ3) is 4.22. The van der Waals surface area contributed by atoms with E-state index in [1.807, 2.05) is 0 Å². The van der Waals surface area contributed by atoms with Crippen LogP contribution < -0.4 is 5.32 Å². The molecule has 3 nitrogen and oxygen atoms in total. The minimum Gasteiger partial charge on any atom is -0.363 e. The first-order chi connectivity index (χ1) is 10.1. The van der Waals surface area contributed by atoms with E-state index in [1.54, 1.807) is 0 Å². The second-order valence-corrected chi connectivity index (χ2v) is 6.70. The summed E-state index contributed by atoms with van der Waals surface area (Å²) in [4.78, 5) is 2.42. The molecule has 0 radical (unpaired) electrons. The van der Waals surface area contributed by atoms with Gasteiger partial charge in [0, 0.05) is 32.0 Å². The Balaban J connectivity index is 2.12. The first-order valence-corrected chi connectivity index (χ1v) is 8.70. The van der Waals surface area contributed by atoms with E-state index < -0.39 is 0 Å². The van der Waals surface area contributed by atoms with Gasteiger partial charge >= 0.3 is 0 Å². The van der Waals surface area contributed by atoms with Gasteiger partial charge in [0.2, 0.25) is 0 Å². The zero-order chi connectivity index (χ0) is 15.2. The van der Waals surface area contributed by atoms with Gasteiger partial charge < -0.3 is 14.8 Å². The van der Waals surface area contributed by atoms with Crippen molar-refractivity contribution in [2.75, 3.05) is 13.1 Å². The van der Waals surface area contributed by atoms with Crippen molar-refractivity contribution < 1.29 is 0 Å². The van der Waals surface area contributed by atoms with E-state index in [9.17, 15) is 0 Å². The van der Waals surface area contributed by atoms with Crippen molar-refractivity contribution in [3.63, 3.8) is 0 Å². The van der Waals surface area contributed by atoms with Crippen LogP contribution in [0.3, 0.4) is 0 Å². The topological polar surface area (TPSA) is 20.2 Å². The molecule has 2 heterocycles. The minimum absolute atomic E-state index is 0.413. The van der Waals surface area contributed by atoms with Crippen molar-refractivity contribution in [1.82, 2.24) is 14.8 Å². The van der Waals surface area contributed by atoms with Crippen molar-refractivity contribution >= 4 is 17.3 Å². The largest absolute Gasteiger partial charge is 0.363 e. The molecule has 1 aromatic heterocycles. The van der Waals surface area contributed by atoms with Gasteiger partial charge in [-0.3, -0.25) is 0 Å². The lowest BCUT2D eigenvalue weighted by molar-refractivity contribution is 0.306. The lowest BCUT2D eigenvalue weighted by Crippen LogP contribution is -2.42. The molecular formula is C17H29N3S. The van der Waals surface area contributed by atoms with E-state index >= 15 is 0 Å². The normalized spacial score (nSPS) is 22.9. The second-order valence-electron chi connectivity index (χ2n) is 6.31. The van der Waals surface area contributed by atoms with Crippen molar-refractivity contribution in [3.8, 4) is 0 Å². The molecule has 0 spiro atoms. The van der Waals surface area contributed by atoms with Crippen LogP contribution in [0.25, 0.3) is 0 Å². The highest BCUT2D eigenvalue weighted by Crippen LogP contribution is 2.32. The molecule has 1 aliphatic rings. The standard InChI is InChI=1S/C17H29N3S/c1-4-5-11-18-17(21)20-13-10-14(2)8-9-16(20)15-7-6-12-19(15)3/h6-7,12,14,16H,4-5,8-11,13H2,1-3H3,(H,18,21)/t14-,16+/m0/s1. The summed E-state index contributed by atoms with van der Waals surface area (Å²) in [6.45, 7) is 6.63. The third-order valence-electron chi connectivity index (χ3n) is 4.56. The summed E-state index contributed by atoms with van der Waals surface area (Å²) >= 11 is 5.69. The molecule has 1 N–H and O–H groups in total. The predicted octanol–water partition coefficient (Wildman–Crippen LogP) is 3.86. The van der Waals surface area contributed by atoms with Crippen LogP contribution in [0.2, 0.25) is 0 Å². The summed E-state index contributed by atoms with van der Waals surface area (Å²) < 4.78 is 2.24. The molecule has 21 heavy (non-hydrogen) atoms. The summed E-state index contributed by atoms with van der Waals surface area (Å²) in [5.74, 6) is 0.788. The smallest absolute Gasteiger partial charge is 0.169 e. The summed E-state index contributed by atoms with van der Waals surface area (Å²) in [5.41, 5.74) is 1.38. The van der Waals surface area contributed by atoms with Gasteiger partial charge in [-0.1, -0.05) is 20.3 Å². The first-order valence-electron chi connectivity index (χ1n) is 8.29. The van der Waals surface area contributed by atoms with Gasteiger partial charge in [-0.05, 0) is 56.0 Å². The van der Waals surface area contributed by atoms with Crippen LogP contribution in [0.15, 0.2) is 18.3 Å². The number of rotatable bonds is 4. The summed E-state index contributed by atoms with van der Waals surface area (Å²) in [5, 5.41) is 4.39. The van der Waals surface area contributed by atoms with Crippen LogP contribution in [0.4, 0.5) is 0 Å². The number of thiocarbonyl (C=S) groups is 1. The number of hydrogen-bond donors (Lipinski definition) is 1. The fraction of sp³-hybridized carbons (Fsp3) is 0.706. The number of aryl methyl sites for hydroxylation is 1.